The highest BCUT2D eigenvalue weighted by molar-refractivity contribution is 6.30. The molecule has 0 radical (unpaired) electrons. The third kappa shape index (κ3) is 5.20. The number of rotatable bonds is 7. The first-order valence-electron chi connectivity index (χ1n) is 8.79. The highest BCUT2D eigenvalue weighted by Crippen LogP contribution is 2.17. The van der Waals surface area contributed by atoms with Crippen LogP contribution in [0.25, 0.3) is 0 Å². The van der Waals surface area contributed by atoms with Gasteiger partial charge in [0.2, 0.25) is 0 Å². The molecule has 0 bridgehead atoms. The molecule has 6 nitrogen and oxygen atoms in total. The molecule has 144 valence electrons. The van der Waals surface area contributed by atoms with Crippen LogP contribution in [0.1, 0.15) is 27.4 Å². The summed E-state index contributed by atoms with van der Waals surface area (Å²) in [5, 5.41) is 6.78. The van der Waals surface area contributed by atoms with Crippen molar-refractivity contribution in [3.05, 3.63) is 82.3 Å². The first-order valence-corrected chi connectivity index (χ1v) is 9.17. The number of aromatic nitrogens is 2. The van der Waals surface area contributed by atoms with Gasteiger partial charge in [-0.15, -0.1) is 0 Å². The zero-order valence-corrected chi connectivity index (χ0v) is 16.5. The van der Waals surface area contributed by atoms with Gasteiger partial charge in [0.1, 0.15) is 23.1 Å². The maximum absolute atomic E-state index is 12.5. The number of benzene rings is 2. The van der Waals surface area contributed by atoms with Crippen LogP contribution in [0.4, 0.5) is 5.82 Å². The number of ether oxygens (including phenoxy) is 1. The van der Waals surface area contributed by atoms with Crippen molar-refractivity contribution in [1.29, 1.82) is 0 Å². The van der Waals surface area contributed by atoms with Crippen molar-refractivity contribution < 1.29 is 9.53 Å². The van der Waals surface area contributed by atoms with Crippen LogP contribution >= 0.6 is 11.6 Å². The number of halogens is 1. The van der Waals surface area contributed by atoms with Crippen LogP contribution in [0.3, 0.4) is 0 Å². The summed E-state index contributed by atoms with van der Waals surface area (Å²) in [6.45, 7) is 2.67. The molecule has 28 heavy (non-hydrogen) atoms. The van der Waals surface area contributed by atoms with Crippen molar-refractivity contribution in [1.82, 2.24) is 15.3 Å². The van der Waals surface area contributed by atoms with Crippen LogP contribution in [0.2, 0.25) is 5.02 Å². The molecule has 0 atom stereocenters. The van der Waals surface area contributed by atoms with Gasteiger partial charge in [-0.25, -0.2) is 9.97 Å². The smallest absolute Gasteiger partial charge is 0.270 e. The molecule has 2 aromatic carbocycles. The molecule has 0 unspecified atom stereocenters. The Morgan fingerprint density at radius 1 is 1.07 bits per heavy atom. The van der Waals surface area contributed by atoms with Gasteiger partial charge in [-0.05, 0) is 30.7 Å². The minimum absolute atomic E-state index is 0.272. The van der Waals surface area contributed by atoms with Crippen LogP contribution in [-0.4, -0.2) is 23.0 Å². The average Bonchev–Trinajstić information content (AvgIpc) is 2.71. The molecule has 0 aliphatic carbocycles. The second-order valence-electron chi connectivity index (χ2n) is 6.16. The van der Waals surface area contributed by atoms with Crippen molar-refractivity contribution in [3.8, 4) is 5.75 Å². The van der Waals surface area contributed by atoms with Crippen molar-refractivity contribution >= 4 is 23.3 Å². The molecule has 7 heteroatoms. The van der Waals surface area contributed by atoms with Gasteiger partial charge < -0.3 is 15.4 Å². The van der Waals surface area contributed by atoms with E-state index in [4.69, 9.17) is 16.3 Å². The zero-order chi connectivity index (χ0) is 19.9. The Hall–Kier alpha value is -3.12. The number of methoxy groups -OCH3 is 1. The molecule has 1 aromatic heterocycles. The Morgan fingerprint density at radius 3 is 2.57 bits per heavy atom. The van der Waals surface area contributed by atoms with Crippen LogP contribution in [0.15, 0.2) is 54.6 Å². The molecule has 0 fully saturated rings. The molecule has 1 amide bonds. The van der Waals surface area contributed by atoms with Gasteiger partial charge in [0.25, 0.3) is 5.91 Å². The number of hydrogen-bond donors (Lipinski definition) is 2. The Bertz CT molecular complexity index is 961. The van der Waals surface area contributed by atoms with Crippen LogP contribution in [-0.2, 0) is 13.1 Å². The SMILES string of the molecule is COc1ccccc1CNC(=O)c1cc(NCc2ccc(Cl)cc2)nc(C)n1. The number of carbonyl (C=O) groups is 1. The fourth-order valence-corrected chi connectivity index (χ4v) is 2.81. The van der Waals surface area contributed by atoms with Gasteiger partial charge in [-0.2, -0.15) is 0 Å². The number of anilines is 1. The molecule has 0 aliphatic rings. The molecule has 0 saturated heterocycles. The molecule has 2 N–H and O–H groups in total. The molecule has 0 spiro atoms. The Labute approximate surface area is 168 Å². The van der Waals surface area contributed by atoms with Crippen molar-refractivity contribution in [2.24, 2.45) is 0 Å². The highest BCUT2D eigenvalue weighted by atomic mass is 35.5. The molecular weight excluding hydrogens is 376 g/mol. The summed E-state index contributed by atoms with van der Waals surface area (Å²) in [4.78, 5) is 21.1. The first-order chi connectivity index (χ1) is 13.5. The number of carbonyl (C=O) groups excluding carboxylic acids is 1. The first kappa shape index (κ1) is 19.6. The second-order valence-corrected chi connectivity index (χ2v) is 6.60. The van der Waals surface area contributed by atoms with Crippen LogP contribution in [0, 0.1) is 6.92 Å². The van der Waals surface area contributed by atoms with E-state index in [9.17, 15) is 4.79 Å². The quantitative estimate of drug-likeness (QED) is 0.631. The maximum atomic E-state index is 12.5. The summed E-state index contributed by atoms with van der Waals surface area (Å²) < 4.78 is 5.31. The van der Waals surface area contributed by atoms with Gasteiger partial charge in [0.15, 0.2) is 0 Å². The van der Waals surface area contributed by atoms with Crippen molar-refractivity contribution in [3.63, 3.8) is 0 Å². The van der Waals surface area contributed by atoms with E-state index in [2.05, 4.69) is 20.6 Å². The normalized spacial score (nSPS) is 10.4. The van der Waals surface area contributed by atoms with E-state index in [0.29, 0.717) is 35.4 Å². The number of nitrogens with one attached hydrogen (secondary N) is 2. The summed E-state index contributed by atoms with van der Waals surface area (Å²) in [5.41, 5.74) is 2.26. The molecule has 1 heterocycles. The van der Waals surface area contributed by atoms with E-state index in [1.165, 1.54) is 0 Å². The topological polar surface area (TPSA) is 76.1 Å². The highest BCUT2D eigenvalue weighted by Gasteiger charge is 2.11. The number of nitrogens with zero attached hydrogens (tertiary/aromatic N) is 2. The van der Waals surface area contributed by atoms with Gasteiger partial charge >= 0.3 is 0 Å². The van der Waals surface area contributed by atoms with Crippen molar-refractivity contribution in [2.45, 2.75) is 20.0 Å². The molecule has 3 aromatic rings. The lowest BCUT2D eigenvalue weighted by Gasteiger charge is -2.11. The maximum Gasteiger partial charge on any atom is 0.270 e. The van der Waals surface area contributed by atoms with Crippen LogP contribution < -0.4 is 15.4 Å². The van der Waals surface area contributed by atoms with Crippen molar-refractivity contribution in [2.75, 3.05) is 12.4 Å². The van der Waals surface area contributed by atoms with E-state index in [-0.39, 0.29) is 5.91 Å². The summed E-state index contributed by atoms with van der Waals surface area (Å²) in [6.07, 6.45) is 0. The number of hydrogen-bond acceptors (Lipinski definition) is 5. The average molecular weight is 397 g/mol. The predicted octanol–water partition coefficient (Wildman–Crippen LogP) is 3.99. The van der Waals surface area contributed by atoms with E-state index in [1.54, 1.807) is 20.1 Å². The molecule has 0 aliphatic heterocycles. The standard InChI is InChI=1S/C21H21ClN4O2/c1-14-25-18(21(27)24-13-16-5-3-4-6-19(16)28-2)11-20(26-14)23-12-15-7-9-17(22)10-8-15/h3-11H,12-13H2,1-2H3,(H,24,27)(H,23,25,26). The summed E-state index contributed by atoms with van der Waals surface area (Å²) in [5.74, 6) is 1.56. The lowest BCUT2D eigenvalue weighted by molar-refractivity contribution is 0.0945. The van der Waals surface area contributed by atoms with E-state index in [0.717, 1.165) is 16.9 Å². The van der Waals surface area contributed by atoms with E-state index in [1.807, 2.05) is 48.5 Å². The molecular formula is C21H21ClN4O2. The number of amides is 1. The summed E-state index contributed by atoms with van der Waals surface area (Å²) >= 11 is 5.90. The van der Waals surface area contributed by atoms with Gasteiger partial charge in [0, 0.05) is 29.7 Å². The van der Waals surface area contributed by atoms with E-state index < -0.39 is 0 Å². The predicted molar refractivity (Wildman–Crippen MR) is 110 cm³/mol. The lowest BCUT2D eigenvalue weighted by atomic mass is 10.2. The largest absolute Gasteiger partial charge is 0.496 e. The monoisotopic (exact) mass is 396 g/mol. The third-order valence-corrected chi connectivity index (χ3v) is 4.34. The molecule has 3 rings (SSSR count). The fourth-order valence-electron chi connectivity index (χ4n) is 2.68. The summed E-state index contributed by atoms with van der Waals surface area (Å²) in [7, 11) is 1.60. The Kier molecular flexibility index (Phi) is 6.45. The lowest BCUT2D eigenvalue weighted by Crippen LogP contribution is -2.24. The third-order valence-electron chi connectivity index (χ3n) is 4.09. The Balaban J connectivity index is 1.66. The molecule has 0 saturated carbocycles. The van der Waals surface area contributed by atoms with Gasteiger partial charge in [-0.3, -0.25) is 4.79 Å². The number of aryl methyl sites for hydroxylation is 1. The minimum atomic E-state index is -0.272. The minimum Gasteiger partial charge on any atom is -0.496 e. The van der Waals surface area contributed by atoms with E-state index >= 15 is 0 Å². The zero-order valence-electron chi connectivity index (χ0n) is 15.7. The Morgan fingerprint density at radius 2 is 1.82 bits per heavy atom. The van der Waals surface area contributed by atoms with Gasteiger partial charge in [0.05, 0.1) is 7.11 Å². The van der Waals surface area contributed by atoms with Crippen LogP contribution in [0.5, 0.6) is 5.75 Å². The fraction of sp³-hybridized carbons (Fsp3) is 0.190. The van der Waals surface area contributed by atoms with Gasteiger partial charge in [-0.1, -0.05) is 41.9 Å². The summed E-state index contributed by atoms with van der Waals surface area (Å²) in [6, 6.07) is 16.7. The number of para-hydroxylation sites is 1. The second kappa shape index (κ2) is 9.19.